The molecule has 106 valence electrons. The zero-order valence-corrected chi connectivity index (χ0v) is 10.7. The minimum Gasteiger partial charge on any atom is -0.503 e. The van der Waals surface area contributed by atoms with Crippen LogP contribution in [-0.2, 0) is 6.54 Å². The van der Waals surface area contributed by atoms with E-state index < -0.39 is 28.9 Å². The molecule has 0 fully saturated rings. The SMILES string of the molecule is Cc1c(O)c(=O)ccn1C[C@H](O)c1ccc(F)c(F)c1. The van der Waals surface area contributed by atoms with E-state index in [9.17, 15) is 23.8 Å². The molecule has 0 aliphatic heterocycles. The molecule has 0 saturated heterocycles. The minimum atomic E-state index is -1.09. The second kappa shape index (κ2) is 5.42. The van der Waals surface area contributed by atoms with Gasteiger partial charge in [0.2, 0.25) is 5.43 Å². The van der Waals surface area contributed by atoms with Crippen molar-refractivity contribution in [3.05, 3.63) is 63.6 Å². The molecule has 0 amide bonds. The molecule has 1 atom stereocenters. The third-order valence-corrected chi connectivity index (χ3v) is 3.11. The third-order valence-electron chi connectivity index (χ3n) is 3.11. The number of aromatic nitrogens is 1. The molecule has 0 spiro atoms. The molecule has 1 aromatic carbocycles. The molecular formula is C14H13F2NO3. The summed E-state index contributed by atoms with van der Waals surface area (Å²) >= 11 is 0. The van der Waals surface area contributed by atoms with Crippen LogP contribution >= 0.6 is 0 Å². The summed E-state index contributed by atoms with van der Waals surface area (Å²) < 4.78 is 27.4. The lowest BCUT2D eigenvalue weighted by molar-refractivity contribution is 0.154. The number of aliphatic hydroxyl groups excluding tert-OH is 1. The van der Waals surface area contributed by atoms with Gasteiger partial charge in [0.25, 0.3) is 0 Å². The molecule has 1 heterocycles. The highest BCUT2D eigenvalue weighted by Crippen LogP contribution is 2.19. The van der Waals surface area contributed by atoms with Gasteiger partial charge >= 0.3 is 0 Å². The molecule has 2 rings (SSSR count). The zero-order valence-electron chi connectivity index (χ0n) is 10.7. The number of aliphatic hydroxyl groups is 1. The van der Waals surface area contributed by atoms with Crippen LogP contribution in [0.3, 0.4) is 0 Å². The Morgan fingerprint density at radius 1 is 1.25 bits per heavy atom. The number of halogens is 2. The number of benzene rings is 1. The van der Waals surface area contributed by atoms with Gasteiger partial charge in [-0.05, 0) is 24.6 Å². The van der Waals surface area contributed by atoms with Gasteiger partial charge < -0.3 is 14.8 Å². The molecule has 6 heteroatoms. The Morgan fingerprint density at radius 2 is 1.95 bits per heavy atom. The second-order valence-electron chi connectivity index (χ2n) is 4.46. The molecule has 0 bridgehead atoms. The van der Waals surface area contributed by atoms with Crippen molar-refractivity contribution in [2.24, 2.45) is 0 Å². The zero-order chi connectivity index (χ0) is 14.9. The van der Waals surface area contributed by atoms with Crippen molar-refractivity contribution in [2.75, 3.05) is 0 Å². The summed E-state index contributed by atoms with van der Waals surface area (Å²) in [7, 11) is 0. The lowest BCUT2D eigenvalue weighted by Gasteiger charge is -2.16. The Bertz CT molecular complexity index is 697. The monoisotopic (exact) mass is 281 g/mol. The fraction of sp³-hybridized carbons (Fsp3) is 0.214. The van der Waals surface area contributed by atoms with Gasteiger partial charge in [-0.25, -0.2) is 8.78 Å². The minimum absolute atomic E-state index is 0.00471. The Morgan fingerprint density at radius 3 is 2.60 bits per heavy atom. The van der Waals surface area contributed by atoms with E-state index in [0.29, 0.717) is 5.69 Å². The highest BCUT2D eigenvalue weighted by molar-refractivity contribution is 5.26. The Kier molecular flexibility index (Phi) is 3.85. The third kappa shape index (κ3) is 2.70. The first-order chi connectivity index (χ1) is 9.40. The topological polar surface area (TPSA) is 62.5 Å². The molecule has 0 aliphatic rings. The van der Waals surface area contributed by atoms with Gasteiger partial charge in [0.1, 0.15) is 0 Å². The van der Waals surface area contributed by atoms with E-state index in [2.05, 4.69) is 0 Å². The summed E-state index contributed by atoms with van der Waals surface area (Å²) in [5.74, 6) is -2.43. The highest BCUT2D eigenvalue weighted by Gasteiger charge is 2.13. The first-order valence-electron chi connectivity index (χ1n) is 5.92. The molecule has 2 N–H and O–H groups in total. The van der Waals surface area contributed by atoms with Crippen molar-refractivity contribution in [1.29, 1.82) is 0 Å². The van der Waals surface area contributed by atoms with E-state index >= 15 is 0 Å². The number of rotatable bonds is 3. The van der Waals surface area contributed by atoms with Crippen molar-refractivity contribution in [2.45, 2.75) is 19.6 Å². The van der Waals surface area contributed by atoms with E-state index in [4.69, 9.17) is 0 Å². The van der Waals surface area contributed by atoms with Gasteiger partial charge in [-0.1, -0.05) is 6.07 Å². The van der Waals surface area contributed by atoms with Crippen LogP contribution in [0.25, 0.3) is 0 Å². The lowest BCUT2D eigenvalue weighted by Crippen LogP contribution is -2.15. The van der Waals surface area contributed by atoms with Crippen molar-refractivity contribution >= 4 is 0 Å². The van der Waals surface area contributed by atoms with Crippen molar-refractivity contribution < 1.29 is 19.0 Å². The number of nitrogens with zero attached hydrogens (tertiary/aromatic N) is 1. The number of hydrogen-bond acceptors (Lipinski definition) is 3. The first-order valence-corrected chi connectivity index (χ1v) is 5.92. The molecule has 1 aromatic heterocycles. The van der Waals surface area contributed by atoms with Crippen LogP contribution < -0.4 is 5.43 Å². The van der Waals surface area contributed by atoms with Crippen LogP contribution in [0.1, 0.15) is 17.4 Å². The maximum Gasteiger partial charge on any atom is 0.223 e. The maximum atomic E-state index is 13.1. The van der Waals surface area contributed by atoms with Gasteiger partial charge in [-0.15, -0.1) is 0 Å². The van der Waals surface area contributed by atoms with E-state index in [0.717, 1.165) is 12.1 Å². The molecule has 0 aliphatic carbocycles. The van der Waals surface area contributed by atoms with E-state index in [1.54, 1.807) is 0 Å². The normalized spacial score (nSPS) is 12.4. The molecule has 0 radical (unpaired) electrons. The van der Waals surface area contributed by atoms with Gasteiger partial charge in [0.15, 0.2) is 17.4 Å². The van der Waals surface area contributed by atoms with Crippen LogP contribution in [0.2, 0.25) is 0 Å². The molecule has 4 nitrogen and oxygen atoms in total. The van der Waals surface area contributed by atoms with E-state index in [1.807, 2.05) is 0 Å². The molecular weight excluding hydrogens is 268 g/mol. The van der Waals surface area contributed by atoms with Gasteiger partial charge in [-0.2, -0.15) is 0 Å². The van der Waals surface area contributed by atoms with Gasteiger partial charge in [-0.3, -0.25) is 4.79 Å². The summed E-state index contributed by atoms with van der Waals surface area (Å²) in [6.07, 6.45) is 0.325. The Hall–Kier alpha value is -2.21. The first kappa shape index (κ1) is 14.2. The van der Waals surface area contributed by atoms with Crippen molar-refractivity contribution in [3.8, 4) is 5.75 Å². The van der Waals surface area contributed by atoms with Gasteiger partial charge in [0.05, 0.1) is 18.3 Å². The Balaban J connectivity index is 2.27. The predicted octanol–water partition coefficient (Wildman–Crippen LogP) is 1.87. The largest absolute Gasteiger partial charge is 0.503 e. The van der Waals surface area contributed by atoms with Crippen LogP contribution in [0, 0.1) is 18.6 Å². The molecule has 0 unspecified atom stereocenters. The van der Waals surface area contributed by atoms with Crippen molar-refractivity contribution in [1.82, 2.24) is 4.57 Å². The smallest absolute Gasteiger partial charge is 0.223 e. The Labute approximate surface area is 113 Å². The fourth-order valence-electron chi connectivity index (χ4n) is 1.87. The molecule has 0 saturated carbocycles. The summed E-state index contributed by atoms with van der Waals surface area (Å²) in [6.45, 7) is 1.53. The standard InChI is InChI=1S/C14H13F2NO3/c1-8-14(20)12(18)4-5-17(8)7-13(19)9-2-3-10(15)11(16)6-9/h2-6,13,19-20H,7H2,1H3/t13-/m0/s1. The molecule has 20 heavy (non-hydrogen) atoms. The summed E-state index contributed by atoms with van der Waals surface area (Å²) in [5.41, 5.74) is -0.0123. The van der Waals surface area contributed by atoms with Crippen molar-refractivity contribution in [3.63, 3.8) is 0 Å². The van der Waals surface area contributed by atoms with Crippen LogP contribution in [0.15, 0.2) is 35.3 Å². The van der Waals surface area contributed by atoms with Crippen LogP contribution in [-0.4, -0.2) is 14.8 Å². The van der Waals surface area contributed by atoms with Crippen LogP contribution in [0.5, 0.6) is 5.75 Å². The van der Waals surface area contributed by atoms with E-state index in [-0.39, 0.29) is 12.1 Å². The average Bonchev–Trinajstić information content (AvgIpc) is 2.42. The highest BCUT2D eigenvalue weighted by atomic mass is 19.2. The number of pyridine rings is 1. The summed E-state index contributed by atoms with van der Waals surface area (Å²) in [4.78, 5) is 11.2. The maximum absolute atomic E-state index is 13.1. The molecule has 2 aromatic rings. The quantitative estimate of drug-likeness (QED) is 0.903. The number of aromatic hydroxyl groups is 1. The summed E-state index contributed by atoms with van der Waals surface area (Å²) in [5, 5.41) is 19.5. The summed E-state index contributed by atoms with van der Waals surface area (Å²) in [6, 6.07) is 4.29. The van der Waals surface area contributed by atoms with Crippen LogP contribution in [0.4, 0.5) is 8.78 Å². The van der Waals surface area contributed by atoms with E-state index in [1.165, 1.54) is 29.8 Å². The lowest BCUT2D eigenvalue weighted by atomic mass is 10.1. The fourth-order valence-corrected chi connectivity index (χ4v) is 1.87. The van der Waals surface area contributed by atoms with Gasteiger partial charge in [0, 0.05) is 12.3 Å². The average molecular weight is 281 g/mol. The second-order valence-corrected chi connectivity index (χ2v) is 4.46. The predicted molar refractivity (Wildman–Crippen MR) is 68.4 cm³/mol. The number of hydrogen-bond donors (Lipinski definition) is 2.